The minimum atomic E-state index is -0.576. The molecule has 0 spiro atoms. The average Bonchev–Trinajstić information content (AvgIpc) is 3.13. The summed E-state index contributed by atoms with van der Waals surface area (Å²) in [5.74, 6) is 1.04. The monoisotopic (exact) mass is 436 g/mol. The molecule has 0 radical (unpaired) electrons. The zero-order chi connectivity index (χ0) is 22.2. The number of piperidine rings is 1. The number of ether oxygens (including phenoxy) is 3. The fraction of sp³-hybridized carbons (Fsp3) is 0.348. The molecule has 32 heavy (non-hydrogen) atoms. The molecule has 0 aliphatic carbocycles. The number of fused-ring (bicyclic) bond motifs is 3. The number of benzene rings is 2. The van der Waals surface area contributed by atoms with Crippen molar-refractivity contribution < 1.29 is 23.8 Å². The first-order valence-corrected chi connectivity index (χ1v) is 10.6. The van der Waals surface area contributed by atoms with Gasteiger partial charge in [-0.25, -0.2) is 0 Å². The maximum Gasteiger partial charge on any atom is 0.252 e. The molecule has 3 aliphatic heterocycles. The summed E-state index contributed by atoms with van der Waals surface area (Å²) in [6, 6.07) is 10.4. The van der Waals surface area contributed by atoms with E-state index in [2.05, 4.69) is 5.10 Å². The van der Waals surface area contributed by atoms with Gasteiger partial charge in [0.25, 0.3) is 5.91 Å². The predicted molar refractivity (Wildman–Crippen MR) is 116 cm³/mol. The summed E-state index contributed by atoms with van der Waals surface area (Å²) in [7, 11) is 1.81. The quantitative estimate of drug-likeness (QED) is 0.608. The van der Waals surface area contributed by atoms with Gasteiger partial charge in [0.1, 0.15) is 17.2 Å². The summed E-state index contributed by atoms with van der Waals surface area (Å²) in [6.45, 7) is 1.66. The maximum atomic E-state index is 12.3. The van der Waals surface area contributed by atoms with E-state index in [-0.39, 0.29) is 23.7 Å². The van der Waals surface area contributed by atoms with Crippen LogP contribution in [-0.4, -0.2) is 58.4 Å². The molecule has 166 valence electrons. The molecule has 2 atom stereocenters. The van der Waals surface area contributed by atoms with E-state index in [9.17, 15) is 9.59 Å². The molecular weight excluding hydrogens is 412 g/mol. The van der Waals surface area contributed by atoms with E-state index in [1.807, 2.05) is 11.9 Å². The minimum Gasteiger partial charge on any atom is -0.493 e. The predicted octanol–water partition coefficient (Wildman–Crippen LogP) is 2.23. The maximum absolute atomic E-state index is 12.3. The van der Waals surface area contributed by atoms with Crippen LogP contribution in [0.1, 0.15) is 23.2 Å². The Bertz CT molecular complexity index is 1160. The van der Waals surface area contributed by atoms with Crippen LogP contribution in [0.3, 0.4) is 0 Å². The van der Waals surface area contributed by atoms with Crippen molar-refractivity contribution in [3.63, 3.8) is 0 Å². The first-order chi connectivity index (χ1) is 15.5. The second-order valence-corrected chi connectivity index (χ2v) is 8.13. The number of morpholine rings is 1. The number of nitrogens with zero attached hydrogens (tertiary/aromatic N) is 3. The van der Waals surface area contributed by atoms with Gasteiger partial charge in [0.05, 0.1) is 42.5 Å². The number of carbonyl (C=O) groups is 2. The molecule has 2 bridgehead atoms. The first-order valence-electron chi connectivity index (χ1n) is 10.6. The molecule has 3 saturated heterocycles. The van der Waals surface area contributed by atoms with Crippen molar-refractivity contribution in [2.45, 2.75) is 25.0 Å². The van der Waals surface area contributed by atoms with Gasteiger partial charge in [-0.1, -0.05) is 0 Å². The SMILES string of the molecule is Cn1ncc2cc(C(N)=O)c(Oc3ccc(OCCC(=O)N4CC5CC(C4)O5)cc3)cc21. The van der Waals surface area contributed by atoms with Gasteiger partial charge in [0.15, 0.2) is 0 Å². The lowest BCUT2D eigenvalue weighted by atomic mass is 9.98. The molecule has 0 saturated carbocycles. The van der Waals surface area contributed by atoms with Gasteiger partial charge in [0.2, 0.25) is 5.91 Å². The Kier molecular flexibility index (Phi) is 5.18. The molecule has 3 aromatic rings. The lowest BCUT2D eigenvalue weighted by Gasteiger charge is -2.47. The molecule has 2 amide bonds. The van der Waals surface area contributed by atoms with Crippen LogP contribution < -0.4 is 15.2 Å². The molecule has 6 rings (SSSR count). The van der Waals surface area contributed by atoms with Gasteiger partial charge in [-0.15, -0.1) is 0 Å². The van der Waals surface area contributed by atoms with Crippen molar-refractivity contribution in [2.75, 3.05) is 19.7 Å². The van der Waals surface area contributed by atoms with Gasteiger partial charge >= 0.3 is 0 Å². The largest absolute Gasteiger partial charge is 0.493 e. The van der Waals surface area contributed by atoms with E-state index >= 15 is 0 Å². The summed E-state index contributed by atoms with van der Waals surface area (Å²) in [5, 5.41) is 5.00. The number of hydrogen-bond acceptors (Lipinski definition) is 6. The smallest absolute Gasteiger partial charge is 0.252 e. The summed E-state index contributed by atoms with van der Waals surface area (Å²) in [4.78, 5) is 26.1. The standard InChI is InChI=1S/C23H24N4O5/c1-26-20-10-21(19(23(24)29)8-14(20)11-25-26)32-16-4-2-15(3-5-16)30-7-6-22(28)27-12-17-9-18(13-27)31-17/h2-5,8,10-11,17-18H,6-7,9,12-13H2,1H3,(H2,24,29). The highest BCUT2D eigenvalue weighted by molar-refractivity contribution is 6.00. The van der Waals surface area contributed by atoms with Crippen LogP contribution in [0, 0.1) is 0 Å². The molecule has 2 unspecified atom stereocenters. The van der Waals surface area contributed by atoms with Crippen molar-refractivity contribution in [1.29, 1.82) is 0 Å². The van der Waals surface area contributed by atoms with Crippen LogP contribution >= 0.6 is 0 Å². The first kappa shape index (κ1) is 20.3. The van der Waals surface area contributed by atoms with Crippen molar-refractivity contribution in [2.24, 2.45) is 12.8 Å². The van der Waals surface area contributed by atoms with E-state index in [0.29, 0.717) is 43.4 Å². The Hall–Kier alpha value is -3.59. The molecule has 3 aliphatic rings. The average molecular weight is 436 g/mol. The van der Waals surface area contributed by atoms with Crippen LogP contribution in [0.15, 0.2) is 42.6 Å². The number of carbonyl (C=O) groups excluding carboxylic acids is 2. The van der Waals surface area contributed by atoms with Crippen molar-refractivity contribution in [3.8, 4) is 17.2 Å². The number of hydrogen-bond donors (Lipinski definition) is 1. The lowest BCUT2D eigenvalue weighted by Crippen LogP contribution is -2.58. The molecule has 2 N–H and O–H groups in total. The van der Waals surface area contributed by atoms with Crippen molar-refractivity contribution in [3.05, 3.63) is 48.2 Å². The van der Waals surface area contributed by atoms with Crippen LogP contribution in [0.5, 0.6) is 17.2 Å². The minimum absolute atomic E-state index is 0.0903. The number of aromatic nitrogens is 2. The van der Waals surface area contributed by atoms with Crippen LogP contribution in [0.4, 0.5) is 0 Å². The highest BCUT2D eigenvalue weighted by atomic mass is 16.5. The van der Waals surface area contributed by atoms with E-state index in [0.717, 1.165) is 17.3 Å². The molecule has 9 nitrogen and oxygen atoms in total. The van der Waals surface area contributed by atoms with Crippen molar-refractivity contribution >= 4 is 22.7 Å². The summed E-state index contributed by atoms with van der Waals surface area (Å²) < 4.78 is 18.9. The van der Waals surface area contributed by atoms with Gasteiger partial charge in [-0.2, -0.15) is 5.10 Å². The summed E-state index contributed by atoms with van der Waals surface area (Å²) >= 11 is 0. The molecule has 1 aromatic heterocycles. The molecule has 4 heterocycles. The van der Waals surface area contributed by atoms with Gasteiger partial charge in [0, 0.05) is 38.0 Å². The highest BCUT2D eigenvalue weighted by Crippen LogP contribution is 2.31. The number of nitrogens with two attached hydrogens (primary N) is 1. The third-order valence-electron chi connectivity index (χ3n) is 5.86. The van der Waals surface area contributed by atoms with Crippen LogP contribution in [0.25, 0.3) is 10.9 Å². The van der Waals surface area contributed by atoms with Crippen LogP contribution in [-0.2, 0) is 16.6 Å². The summed E-state index contributed by atoms with van der Waals surface area (Å²) in [5.41, 5.74) is 6.64. The number of amides is 2. The van der Waals surface area contributed by atoms with E-state index < -0.39 is 5.91 Å². The Morgan fingerprint density at radius 3 is 2.53 bits per heavy atom. The van der Waals surface area contributed by atoms with Gasteiger partial charge < -0.3 is 24.8 Å². The zero-order valence-electron chi connectivity index (χ0n) is 17.7. The Morgan fingerprint density at radius 2 is 1.84 bits per heavy atom. The number of primary amides is 1. The third-order valence-corrected chi connectivity index (χ3v) is 5.86. The molecular formula is C23H24N4O5. The van der Waals surface area contributed by atoms with E-state index in [4.69, 9.17) is 19.9 Å². The lowest BCUT2D eigenvalue weighted by molar-refractivity contribution is -0.188. The van der Waals surface area contributed by atoms with Gasteiger partial charge in [-0.3, -0.25) is 14.3 Å². The van der Waals surface area contributed by atoms with Crippen LogP contribution in [0.2, 0.25) is 0 Å². The number of aryl methyl sites for hydroxylation is 1. The second-order valence-electron chi connectivity index (χ2n) is 8.13. The van der Waals surface area contributed by atoms with E-state index in [1.54, 1.807) is 47.3 Å². The zero-order valence-corrected chi connectivity index (χ0v) is 17.7. The van der Waals surface area contributed by atoms with E-state index in [1.165, 1.54) is 0 Å². The second kappa shape index (κ2) is 8.16. The fourth-order valence-electron chi connectivity index (χ4n) is 4.16. The number of rotatable bonds is 7. The third kappa shape index (κ3) is 3.99. The summed E-state index contributed by atoms with van der Waals surface area (Å²) in [6.07, 6.45) is 3.47. The molecule has 2 aromatic carbocycles. The molecule has 3 fully saturated rings. The topological polar surface area (TPSA) is 109 Å². The Labute approximate surface area is 184 Å². The Balaban J connectivity index is 1.19. The molecule has 9 heteroatoms. The Morgan fingerprint density at radius 1 is 1.16 bits per heavy atom. The van der Waals surface area contributed by atoms with Crippen molar-refractivity contribution in [1.82, 2.24) is 14.7 Å². The van der Waals surface area contributed by atoms with Gasteiger partial charge in [-0.05, 0) is 30.3 Å². The fourth-order valence-corrected chi connectivity index (χ4v) is 4.16. The normalized spacial score (nSPS) is 19.5. The highest BCUT2D eigenvalue weighted by Gasteiger charge is 2.39.